The molecule has 0 spiro atoms. The number of carbonyl (C=O) groups excluding carboxylic acids is 1. The molecular formula is C11H15NO. The first-order valence-electron chi connectivity index (χ1n) is 4.70. The van der Waals surface area contributed by atoms with Gasteiger partial charge in [-0.2, -0.15) is 0 Å². The van der Waals surface area contributed by atoms with Crippen molar-refractivity contribution < 1.29 is 4.79 Å². The molecular weight excluding hydrogens is 162 g/mol. The molecule has 70 valence electrons. The number of nitrogens with zero attached hydrogens (tertiary/aromatic N) is 1. The number of pyridine rings is 1. The lowest BCUT2D eigenvalue weighted by Gasteiger charge is -2.07. The first-order chi connectivity index (χ1) is 6.25. The fourth-order valence-corrected chi connectivity index (χ4v) is 1.36. The molecule has 2 heteroatoms. The summed E-state index contributed by atoms with van der Waals surface area (Å²) in [6.07, 6.45) is 5.33. The first-order valence-corrected chi connectivity index (χ1v) is 4.70. The van der Waals surface area contributed by atoms with Gasteiger partial charge in [-0.15, -0.1) is 0 Å². The molecule has 0 saturated heterocycles. The molecule has 1 aromatic rings. The highest BCUT2D eigenvalue weighted by Crippen LogP contribution is 2.12. The highest BCUT2D eigenvalue weighted by molar-refractivity contribution is 5.97. The van der Waals surface area contributed by atoms with Gasteiger partial charge in [0, 0.05) is 23.9 Å². The van der Waals surface area contributed by atoms with E-state index in [-0.39, 0.29) is 11.7 Å². The van der Waals surface area contributed by atoms with E-state index in [0.717, 1.165) is 18.4 Å². The zero-order valence-electron chi connectivity index (χ0n) is 8.16. The summed E-state index contributed by atoms with van der Waals surface area (Å²) in [4.78, 5) is 15.6. The van der Waals surface area contributed by atoms with Gasteiger partial charge in [-0.3, -0.25) is 9.78 Å². The summed E-state index contributed by atoms with van der Waals surface area (Å²) in [5.41, 5.74) is 0.774. The van der Waals surface area contributed by atoms with E-state index in [1.807, 2.05) is 6.92 Å². The highest BCUT2D eigenvalue weighted by Gasteiger charge is 2.13. The summed E-state index contributed by atoms with van der Waals surface area (Å²) >= 11 is 0. The maximum Gasteiger partial charge on any atom is 0.165 e. The molecule has 2 nitrogen and oxygen atoms in total. The Hall–Kier alpha value is -1.18. The summed E-state index contributed by atoms with van der Waals surface area (Å²) in [5, 5.41) is 0. The topological polar surface area (TPSA) is 30.0 Å². The van der Waals surface area contributed by atoms with Crippen LogP contribution in [0.2, 0.25) is 0 Å². The number of rotatable bonds is 4. The zero-order valence-corrected chi connectivity index (χ0v) is 8.16. The molecule has 0 aliphatic carbocycles. The molecule has 0 fully saturated rings. The van der Waals surface area contributed by atoms with Crippen LogP contribution in [-0.4, -0.2) is 10.8 Å². The van der Waals surface area contributed by atoms with Gasteiger partial charge in [0.15, 0.2) is 5.78 Å². The van der Waals surface area contributed by atoms with Crippen LogP contribution in [0.5, 0.6) is 0 Å². The summed E-state index contributed by atoms with van der Waals surface area (Å²) < 4.78 is 0. The van der Waals surface area contributed by atoms with E-state index in [1.165, 1.54) is 0 Å². The van der Waals surface area contributed by atoms with E-state index in [2.05, 4.69) is 11.9 Å². The second-order valence-electron chi connectivity index (χ2n) is 3.29. The SMILES string of the molecule is CCCC(C)C(=O)c1ccncc1. The van der Waals surface area contributed by atoms with Crippen LogP contribution in [0.25, 0.3) is 0 Å². The third kappa shape index (κ3) is 2.65. The van der Waals surface area contributed by atoms with Crippen LogP contribution in [0, 0.1) is 5.92 Å². The van der Waals surface area contributed by atoms with Gasteiger partial charge in [0.05, 0.1) is 0 Å². The second kappa shape index (κ2) is 4.75. The van der Waals surface area contributed by atoms with Crippen molar-refractivity contribution in [3.8, 4) is 0 Å². The summed E-state index contributed by atoms with van der Waals surface area (Å²) in [6, 6.07) is 3.54. The van der Waals surface area contributed by atoms with Crippen molar-refractivity contribution in [1.29, 1.82) is 0 Å². The highest BCUT2D eigenvalue weighted by atomic mass is 16.1. The van der Waals surface area contributed by atoms with E-state index in [0.29, 0.717) is 0 Å². The van der Waals surface area contributed by atoms with Gasteiger partial charge in [0.25, 0.3) is 0 Å². The van der Waals surface area contributed by atoms with Gasteiger partial charge in [0.2, 0.25) is 0 Å². The quantitative estimate of drug-likeness (QED) is 0.662. The molecule has 1 atom stereocenters. The average molecular weight is 177 g/mol. The smallest absolute Gasteiger partial charge is 0.165 e. The molecule has 0 bridgehead atoms. The molecule has 0 amide bonds. The molecule has 1 rings (SSSR count). The third-order valence-electron chi connectivity index (χ3n) is 2.13. The molecule has 13 heavy (non-hydrogen) atoms. The lowest BCUT2D eigenvalue weighted by atomic mass is 9.96. The predicted molar refractivity (Wildman–Crippen MR) is 52.6 cm³/mol. The van der Waals surface area contributed by atoms with Gasteiger partial charge < -0.3 is 0 Å². The second-order valence-corrected chi connectivity index (χ2v) is 3.29. The van der Waals surface area contributed by atoms with Crippen LogP contribution in [0.15, 0.2) is 24.5 Å². The molecule has 0 aromatic carbocycles. The van der Waals surface area contributed by atoms with E-state index in [4.69, 9.17) is 0 Å². The Balaban J connectivity index is 2.68. The Morgan fingerprint density at radius 3 is 2.62 bits per heavy atom. The van der Waals surface area contributed by atoms with Gasteiger partial charge in [-0.05, 0) is 18.6 Å². The minimum Gasteiger partial charge on any atom is -0.294 e. The molecule has 0 radical (unpaired) electrons. The Labute approximate surface area is 79.0 Å². The molecule has 0 aliphatic heterocycles. The number of carbonyl (C=O) groups is 1. The van der Waals surface area contributed by atoms with Crippen molar-refractivity contribution in [1.82, 2.24) is 4.98 Å². The van der Waals surface area contributed by atoms with E-state index < -0.39 is 0 Å². The monoisotopic (exact) mass is 177 g/mol. The lowest BCUT2D eigenvalue weighted by molar-refractivity contribution is 0.0923. The molecule has 0 aliphatic rings. The van der Waals surface area contributed by atoms with E-state index in [9.17, 15) is 4.79 Å². The van der Waals surface area contributed by atoms with Crippen LogP contribution in [0.4, 0.5) is 0 Å². The van der Waals surface area contributed by atoms with Crippen molar-refractivity contribution in [3.05, 3.63) is 30.1 Å². The maximum atomic E-state index is 11.7. The normalized spacial score (nSPS) is 12.5. The summed E-state index contributed by atoms with van der Waals surface area (Å²) in [6.45, 7) is 4.07. The molecule has 1 unspecified atom stereocenters. The van der Waals surface area contributed by atoms with Crippen LogP contribution >= 0.6 is 0 Å². The Bertz CT molecular complexity index is 269. The van der Waals surface area contributed by atoms with Crippen LogP contribution < -0.4 is 0 Å². The zero-order chi connectivity index (χ0) is 9.68. The Morgan fingerprint density at radius 2 is 2.08 bits per heavy atom. The first kappa shape index (κ1) is 9.90. The predicted octanol–water partition coefficient (Wildman–Crippen LogP) is 2.70. The minimum atomic E-state index is 0.132. The average Bonchev–Trinajstić information content (AvgIpc) is 2.18. The third-order valence-corrected chi connectivity index (χ3v) is 2.13. The van der Waals surface area contributed by atoms with Crippen molar-refractivity contribution in [2.45, 2.75) is 26.7 Å². The maximum absolute atomic E-state index is 11.7. The number of aromatic nitrogens is 1. The minimum absolute atomic E-state index is 0.132. The molecule has 1 aromatic heterocycles. The Morgan fingerprint density at radius 1 is 1.46 bits per heavy atom. The lowest BCUT2D eigenvalue weighted by Crippen LogP contribution is -2.10. The van der Waals surface area contributed by atoms with Gasteiger partial charge in [-0.1, -0.05) is 20.3 Å². The van der Waals surface area contributed by atoms with Crippen molar-refractivity contribution in [3.63, 3.8) is 0 Å². The van der Waals surface area contributed by atoms with Gasteiger partial charge in [0.1, 0.15) is 0 Å². The summed E-state index contributed by atoms with van der Waals surface area (Å²) in [7, 11) is 0. The fraction of sp³-hybridized carbons (Fsp3) is 0.455. The number of ketones is 1. The van der Waals surface area contributed by atoms with Crippen molar-refractivity contribution >= 4 is 5.78 Å². The molecule has 0 saturated carbocycles. The number of Topliss-reactive ketones (excluding diaryl/α,β-unsaturated/α-hetero) is 1. The van der Waals surface area contributed by atoms with Crippen molar-refractivity contribution in [2.75, 3.05) is 0 Å². The molecule has 1 heterocycles. The van der Waals surface area contributed by atoms with E-state index in [1.54, 1.807) is 24.5 Å². The largest absolute Gasteiger partial charge is 0.294 e. The molecule has 0 N–H and O–H groups in total. The van der Waals surface area contributed by atoms with Crippen molar-refractivity contribution in [2.24, 2.45) is 5.92 Å². The van der Waals surface area contributed by atoms with Gasteiger partial charge >= 0.3 is 0 Å². The van der Waals surface area contributed by atoms with Gasteiger partial charge in [-0.25, -0.2) is 0 Å². The van der Waals surface area contributed by atoms with Crippen LogP contribution in [-0.2, 0) is 0 Å². The van der Waals surface area contributed by atoms with E-state index >= 15 is 0 Å². The standard InChI is InChI=1S/C11H15NO/c1-3-4-9(2)11(13)10-5-7-12-8-6-10/h5-9H,3-4H2,1-2H3. The van der Waals surface area contributed by atoms with Crippen LogP contribution in [0.1, 0.15) is 37.0 Å². The Kier molecular flexibility index (Phi) is 3.62. The summed E-state index contributed by atoms with van der Waals surface area (Å²) in [5.74, 6) is 0.358. The number of hydrogen-bond acceptors (Lipinski definition) is 2. The fourth-order valence-electron chi connectivity index (χ4n) is 1.36. The van der Waals surface area contributed by atoms with Crippen LogP contribution in [0.3, 0.4) is 0 Å². The number of hydrogen-bond donors (Lipinski definition) is 0.